The highest BCUT2D eigenvalue weighted by Crippen LogP contribution is 2.77. The molecular formula is C24H14BrNO6. The highest BCUT2D eigenvalue weighted by atomic mass is 79.9. The Balaban J connectivity index is 1.54. The molecule has 0 aromatic heterocycles. The third kappa shape index (κ3) is 1.91. The van der Waals surface area contributed by atoms with Crippen molar-refractivity contribution in [2.45, 2.75) is 11.3 Å². The molecule has 32 heavy (non-hydrogen) atoms. The van der Waals surface area contributed by atoms with Crippen LogP contribution in [0.15, 0.2) is 81.2 Å². The number of Topliss-reactive ketones (excluding diaryl/α,β-unsaturated/α-hetero) is 2. The van der Waals surface area contributed by atoms with Crippen LogP contribution in [0.3, 0.4) is 0 Å². The van der Waals surface area contributed by atoms with Gasteiger partial charge in [0.1, 0.15) is 5.70 Å². The van der Waals surface area contributed by atoms with Crippen LogP contribution >= 0.6 is 15.9 Å². The number of halogens is 1. The van der Waals surface area contributed by atoms with Gasteiger partial charge in [-0.15, -0.1) is 0 Å². The largest absolute Gasteiger partial charge is 0.373 e. The van der Waals surface area contributed by atoms with Gasteiger partial charge >= 0.3 is 0 Å². The van der Waals surface area contributed by atoms with E-state index in [1.54, 1.807) is 0 Å². The number of carbonyl (C=O) groups is 4. The lowest BCUT2D eigenvalue weighted by atomic mass is 9.40. The lowest BCUT2D eigenvalue weighted by Crippen LogP contribution is -2.60. The monoisotopic (exact) mass is 491 g/mol. The number of allylic oxidation sites excluding steroid dienone is 7. The Hall–Kier alpha value is -3.36. The minimum Gasteiger partial charge on any atom is -0.373 e. The molecule has 5 aliphatic carbocycles. The van der Waals surface area contributed by atoms with Crippen molar-refractivity contribution < 1.29 is 29.3 Å². The van der Waals surface area contributed by atoms with Gasteiger partial charge in [-0.25, -0.2) is 5.26 Å². The Bertz CT molecular complexity index is 1380. The first-order valence-electron chi connectivity index (χ1n) is 9.92. The van der Waals surface area contributed by atoms with E-state index in [9.17, 15) is 19.2 Å². The molecular weight excluding hydrogens is 478 g/mol. The highest BCUT2D eigenvalue weighted by molar-refractivity contribution is 9.12. The van der Waals surface area contributed by atoms with Crippen LogP contribution in [-0.2, 0) is 29.5 Å². The van der Waals surface area contributed by atoms with Crippen LogP contribution in [0.1, 0.15) is 17.0 Å². The van der Waals surface area contributed by atoms with E-state index in [4.69, 9.17) is 5.26 Å². The van der Waals surface area contributed by atoms with Crippen molar-refractivity contribution in [1.29, 1.82) is 0 Å². The number of carbonyl (C=O) groups excluding carboxylic acids is 4. The first kappa shape index (κ1) is 19.3. The van der Waals surface area contributed by atoms with Crippen LogP contribution in [-0.4, -0.2) is 34.9 Å². The van der Waals surface area contributed by atoms with Crippen LogP contribution in [0.4, 0.5) is 0 Å². The molecule has 7 nitrogen and oxygen atoms in total. The molecule has 3 unspecified atom stereocenters. The molecule has 2 N–H and O–H groups in total. The van der Waals surface area contributed by atoms with E-state index >= 15 is 0 Å². The summed E-state index contributed by atoms with van der Waals surface area (Å²) < 4.78 is 0.0589. The van der Waals surface area contributed by atoms with E-state index in [0.717, 1.165) is 11.1 Å². The molecule has 8 heteroatoms. The third-order valence-corrected chi connectivity index (χ3v) is 7.85. The van der Waals surface area contributed by atoms with Crippen molar-refractivity contribution >= 4 is 39.1 Å². The van der Waals surface area contributed by atoms with Gasteiger partial charge < -0.3 is 10.2 Å². The fourth-order valence-corrected chi connectivity index (χ4v) is 6.57. The summed E-state index contributed by atoms with van der Waals surface area (Å²) in [6, 6.07) is 7.52. The Morgan fingerprint density at radius 2 is 1.69 bits per heavy atom. The van der Waals surface area contributed by atoms with Gasteiger partial charge in [0.2, 0.25) is 5.78 Å². The van der Waals surface area contributed by atoms with E-state index in [2.05, 4.69) is 32.7 Å². The minimum atomic E-state index is -0.872. The van der Waals surface area contributed by atoms with Gasteiger partial charge in [0.15, 0.2) is 23.1 Å². The Labute approximate surface area is 189 Å². The van der Waals surface area contributed by atoms with Crippen molar-refractivity contribution in [2.24, 2.45) is 5.92 Å². The van der Waals surface area contributed by atoms with Gasteiger partial charge in [0.05, 0.1) is 11.0 Å². The summed E-state index contributed by atoms with van der Waals surface area (Å²) in [6.45, 7) is 3.38. The van der Waals surface area contributed by atoms with E-state index in [-0.39, 0.29) is 45.4 Å². The minimum absolute atomic E-state index is 0.00476. The number of rotatable bonds is 4. The van der Waals surface area contributed by atoms with Crippen LogP contribution < -0.4 is 5.32 Å². The SMILES string of the molecule is C=C(CNC1=C(Br)C(=O)C2=C(C1=O)C1C3=C(C(=O)C=CC3=O)C3c4ccccc4C213)OO. The first-order valence-corrected chi connectivity index (χ1v) is 10.7. The Morgan fingerprint density at radius 1 is 1.03 bits per heavy atom. The molecule has 0 saturated heterocycles. The summed E-state index contributed by atoms with van der Waals surface area (Å²) in [5.41, 5.74) is 2.23. The Kier molecular flexibility index (Phi) is 3.69. The molecule has 0 bridgehead atoms. The quantitative estimate of drug-likeness (QED) is 0.287. The molecule has 0 saturated carbocycles. The summed E-state index contributed by atoms with van der Waals surface area (Å²) in [5.74, 6) is -2.47. The molecule has 5 aliphatic rings. The van der Waals surface area contributed by atoms with Gasteiger partial charge in [-0.3, -0.25) is 19.2 Å². The second-order valence-electron chi connectivity index (χ2n) is 8.33. The maximum absolute atomic E-state index is 13.5. The third-order valence-electron chi connectivity index (χ3n) is 7.09. The fraction of sp³-hybridized carbons (Fsp3) is 0.167. The average Bonchev–Trinajstić information content (AvgIpc) is 2.98. The molecule has 0 aliphatic heterocycles. The zero-order valence-corrected chi connectivity index (χ0v) is 18.0. The zero-order valence-electron chi connectivity index (χ0n) is 16.4. The lowest BCUT2D eigenvalue weighted by Gasteiger charge is -2.60. The van der Waals surface area contributed by atoms with Crippen molar-refractivity contribution in [3.63, 3.8) is 0 Å². The maximum Gasteiger partial charge on any atom is 0.207 e. The Morgan fingerprint density at radius 3 is 2.38 bits per heavy atom. The number of fused-ring (bicyclic) bond motifs is 5. The van der Waals surface area contributed by atoms with Crippen molar-refractivity contribution in [2.75, 3.05) is 6.54 Å². The van der Waals surface area contributed by atoms with Gasteiger partial charge in [-0.2, -0.15) is 0 Å². The van der Waals surface area contributed by atoms with Crippen LogP contribution in [0, 0.1) is 5.92 Å². The predicted molar refractivity (Wildman–Crippen MR) is 114 cm³/mol. The highest BCUT2D eigenvalue weighted by Gasteiger charge is 2.76. The molecule has 1 aromatic rings. The summed E-state index contributed by atoms with van der Waals surface area (Å²) >= 11 is 3.26. The molecule has 0 amide bonds. The average molecular weight is 492 g/mol. The molecule has 1 spiro atoms. The van der Waals surface area contributed by atoms with Crippen LogP contribution in [0.2, 0.25) is 0 Å². The zero-order chi connectivity index (χ0) is 22.5. The summed E-state index contributed by atoms with van der Waals surface area (Å²) in [4.78, 5) is 56.9. The number of benzene rings is 1. The smallest absolute Gasteiger partial charge is 0.207 e. The van der Waals surface area contributed by atoms with Gasteiger partial charge in [0, 0.05) is 39.5 Å². The van der Waals surface area contributed by atoms with E-state index < -0.39 is 23.0 Å². The van der Waals surface area contributed by atoms with Crippen molar-refractivity contribution in [3.8, 4) is 0 Å². The normalized spacial score (nSPS) is 29.1. The van der Waals surface area contributed by atoms with E-state index in [0.29, 0.717) is 16.7 Å². The van der Waals surface area contributed by atoms with Gasteiger partial charge in [0.25, 0.3) is 0 Å². The number of hydrogen-bond acceptors (Lipinski definition) is 7. The summed E-state index contributed by atoms with van der Waals surface area (Å²) in [7, 11) is 0. The second-order valence-corrected chi connectivity index (χ2v) is 9.12. The summed E-state index contributed by atoms with van der Waals surface area (Å²) in [6.07, 6.45) is 2.51. The van der Waals surface area contributed by atoms with Crippen LogP contribution in [0.25, 0.3) is 0 Å². The topological polar surface area (TPSA) is 110 Å². The first-order chi connectivity index (χ1) is 15.4. The number of ketones is 4. The van der Waals surface area contributed by atoms with Gasteiger partial charge in [-0.1, -0.05) is 30.8 Å². The summed E-state index contributed by atoms with van der Waals surface area (Å²) in [5, 5.41) is 11.5. The molecule has 6 rings (SSSR count). The van der Waals surface area contributed by atoms with Crippen molar-refractivity contribution in [1.82, 2.24) is 5.32 Å². The molecule has 0 fully saturated rings. The standard InChI is InChI=1S/C24H14BrNO6/c1-9(32-31)8-26-21-20(25)23(30)19-16(22(21)29)18-15-13(28)7-6-12(27)14(15)17-10-4-2-3-5-11(10)24(17,18)19/h2-7,17-18,26,31H,1,8H2. The lowest BCUT2D eigenvalue weighted by molar-refractivity contribution is -0.203. The van der Waals surface area contributed by atoms with E-state index in [1.807, 2.05) is 24.3 Å². The predicted octanol–water partition coefficient (Wildman–Crippen LogP) is 2.32. The second kappa shape index (κ2) is 6.11. The molecule has 158 valence electrons. The molecule has 1 aromatic carbocycles. The van der Waals surface area contributed by atoms with Crippen molar-refractivity contribution in [3.05, 3.63) is 92.4 Å². The van der Waals surface area contributed by atoms with Crippen LogP contribution in [0.5, 0.6) is 0 Å². The van der Waals surface area contributed by atoms with E-state index in [1.165, 1.54) is 12.2 Å². The van der Waals surface area contributed by atoms with Gasteiger partial charge in [-0.05, 0) is 39.2 Å². The fourth-order valence-electron chi connectivity index (χ4n) is 6.05. The number of hydrogen-bond donors (Lipinski definition) is 2. The number of nitrogens with one attached hydrogen (secondary N) is 1. The molecule has 0 radical (unpaired) electrons. The molecule has 3 atom stereocenters. The molecule has 0 heterocycles. The maximum atomic E-state index is 13.5.